The van der Waals surface area contributed by atoms with Crippen LogP contribution < -0.4 is 4.90 Å². The highest BCUT2D eigenvalue weighted by Gasteiger charge is 2.26. The zero-order chi connectivity index (χ0) is 21.4. The van der Waals surface area contributed by atoms with Crippen molar-refractivity contribution in [1.29, 1.82) is 0 Å². The average molecular weight is 414 g/mol. The molecule has 6 nitrogen and oxygen atoms in total. The van der Waals surface area contributed by atoms with Crippen LogP contribution in [0, 0.1) is 0 Å². The number of pyridine rings is 1. The third kappa shape index (κ3) is 3.58. The lowest BCUT2D eigenvalue weighted by Gasteiger charge is -2.16. The van der Waals surface area contributed by atoms with Gasteiger partial charge in [-0.3, -0.25) is 14.6 Å². The molecule has 6 heteroatoms. The van der Waals surface area contributed by atoms with Crippen molar-refractivity contribution in [3.05, 3.63) is 70.9 Å². The van der Waals surface area contributed by atoms with Crippen LogP contribution in [0.15, 0.2) is 48.5 Å². The number of amides is 1. The van der Waals surface area contributed by atoms with Crippen LogP contribution in [-0.2, 0) is 22.4 Å². The van der Waals surface area contributed by atoms with Gasteiger partial charge in [-0.1, -0.05) is 30.3 Å². The highest BCUT2D eigenvalue weighted by atomic mass is 16.5. The van der Waals surface area contributed by atoms with E-state index in [-0.39, 0.29) is 18.3 Å². The van der Waals surface area contributed by atoms with Gasteiger partial charge in [-0.05, 0) is 49.4 Å². The topological polar surface area (TPSA) is 76.6 Å². The molecule has 0 spiro atoms. The molecule has 2 aromatic carbocycles. The van der Waals surface area contributed by atoms with Gasteiger partial charge >= 0.3 is 5.97 Å². The Morgan fingerprint density at radius 2 is 1.87 bits per heavy atom. The molecular weight excluding hydrogens is 392 g/mol. The smallest absolute Gasteiger partial charge is 0.339 e. The molecule has 156 valence electrons. The van der Waals surface area contributed by atoms with Gasteiger partial charge < -0.3 is 9.64 Å². The number of ketones is 1. The molecule has 1 aromatic heterocycles. The summed E-state index contributed by atoms with van der Waals surface area (Å²) in [6.45, 7) is 0.313. The number of benzene rings is 2. The molecule has 0 unspecified atom stereocenters. The van der Waals surface area contributed by atoms with E-state index in [2.05, 4.69) is 4.98 Å². The molecule has 3 aromatic rings. The predicted octanol–water partition coefficient (Wildman–Crippen LogP) is 3.89. The third-order valence-corrected chi connectivity index (χ3v) is 6.01. The fourth-order valence-electron chi connectivity index (χ4n) is 4.50. The number of ether oxygens (including phenoxy) is 1. The molecule has 1 aliphatic carbocycles. The van der Waals surface area contributed by atoms with E-state index < -0.39 is 5.97 Å². The molecule has 0 atom stereocenters. The van der Waals surface area contributed by atoms with Crippen LogP contribution in [0.25, 0.3) is 10.9 Å². The van der Waals surface area contributed by atoms with Crippen molar-refractivity contribution in [1.82, 2.24) is 4.98 Å². The van der Waals surface area contributed by atoms with Gasteiger partial charge in [0.15, 0.2) is 12.4 Å². The number of para-hydroxylation sites is 1. The lowest BCUT2D eigenvalue weighted by Crippen LogP contribution is -2.24. The number of aryl methyl sites for hydroxylation is 1. The van der Waals surface area contributed by atoms with Crippen molar-refractivity contribution >= 4 is 34.3 Å². The summed E-state index contributed by atoms with van der Waals surface area (Å²) in [5.74, 6) is -0.720. The molecule has 0 saturated carbocycles. The van der Waals surface area contributed by atoms with Crippen molar-refractivity contribution in [3.8, 4) is 0 Å². The first-order valence-corrected chi connectivity index (χ1v) is 10.6. The maximum atomic E-state index is 13.0. The van der Waals surface area contributed by atoms with E-state index in [0.717, 1.165) is 47.8 Å². The summed E-state index contributed by atoms with van der Waals surface area (Å²) in [6.07, 6.45) is 3.94. The van der Waals surface area contributed by atoms with Gasteiger partial charge in [0, 0.05) is 35.3 Å². The van der Waals surface area contributed by atoms with Crippen LogP contribution in [0.5, 0.6) is 0 Å². The Morgan fingerprint density at radius 3 is 2.71 bits per heavy atom. The first kappa shape index (κ1) is 19.4. The summed E-state index contributed by atoms with van der Waals surface area (Å²) >= 11 is 0. The number of aromatic nitrogens is 1. The fraction of sp³-hybridized carbons (Fsp3) is 0.280. The van der Waals surface area contributed by atoms with E-state index in [9.17, 15) is 14.4 Å². The summed E-state index contributed by atoms with van der Waals surface area (Å²) in [4.78, 5) is 44.1. The van der Waals surface area contributed by atoms with E-state index in [1.807, 2.05) is 30.3 Å². The Bertz CT molecular complexity index is 1220. The normalized spacial score (nSPS) is 15.4. The maximum Gasteiger partial charge on any atom is 0.339 e. The third-order valence-electron chi connectivity index (χ3n) is 6.01. The van der Waals surface area contributed by atoms with Crippen LogP contribution in [-0.4, -0.2) is 35.8 Å². The Balaban J connectivity index is 1.36. The number of carbonyl (C=O) groups is 3. The summed E-state index contributed by atoms with van der Waals surface area (Å²) in [7, 11) is 0. The predicted molar refractivity (Wildman–Crippen MR) is 116 cm³/mol. The summed E-state index contributed by atoms with van der Waals surface area (Å²) < 4.78 is 5.47. The van der Waals surface area contributed by atoms with E-state index in [4.69, 9.17) is 4.74 Å². The lowest BCUT2D eigenvalue weighted by atomic mass is 10.0. The number of hydrogen-bond acceptors (Lipinski definition) is 5. The number of carbonyl (C=O) groups excluding carboxylic acids is 3. The molecule has 5 rings (SSSR count). The van der Waals surface area contributed by atoms with Crippen molar-refractivity contribution in [2.45, 2.75) is 32.1 Å². The molecule has 1 fully saturated rings. The molecule has 2 heterocycles. The van der Waals surface area contributed by atoms with Gasteiger partial charge in [-0.2, -0.15) is 0 Å². The van der Waals surface area contributed by atoms with Crippen LogP contribution in [0.3, 0.4) is 0 Å². The van der Waals surface area contributed by atoms with Gasteiger partial charge in [0.05, 0.1) is 11.1 Å². The monoisotopic (exact) mass is 414 g/mol. The zero-order valence-corrected chi connectivity index (χ0v) is 17.1. The maximum absolute atomic E-state index is 13.0. The van der Waals surface area contributed by atoms with Gasteiger partial charge in [0.2, 0.25) is 5.91 Å². The molecule has 0 N–H and O–H groups in total. The van der Waals surface area contributed by atoms with E-state index in [1.165, 1.54) is 0 Å². The number of esters is 1. The fourth-order valence-corrected chi connectivity index (χ4v) is 4.50. The standard InChI is InChI=1S/C25H22N2O4/c28-22(16-6-3-7-17(14-16)27-13-5-12-23(27)29)15-31-25(30)24-18-8-1-2-10-20(18)26-21-11-4-9-19(21)24/h1-3,6-8,10,14H,4-5,9,11-13,15H2. The van der Waals surface area contributed by atoms with E-state index in [0.29, 0.717) is 29.8 Å². The number of hydrogen-bond donors (Lipinski definition) is 0. The quantitative estimate of drug-likeness (QED) is 0.468. The minimum absolute atomic E-state index is 0.0643. The largest absolute Gasteiger partial charge is 0.454 e. The summed E-state index contributed by atoms with van der Waals surface area (Å²) in [5.41, 5.74) is 4.31. The highest BCUT2D eigenvalue weighted by Crippen LogP contribution is 2.30. The minimum Gasteiger partial charge on any atom is -0.454 e. The highest BCUT2D eigenvalue weighted by molar-refractivity contribution is 6.07. The van der Waals surface area contributed by atoms with E-state index in [1.54, 1.807) is 23.1 Å². The molecule has 1 aliphatic heterocycles. The lowest BCUT2D eigenvalue weighted by molar-refractivity contribution is -0.117. The van der Waals surface area contributed by atoms with Crippen molar-refractivity contribution in [3.63, 3.8) is 0 Å². The van der Waals surface area contributed by atoms with Crippen LogP contribution in [0.1, 0.15) is 51.2 Å². The summed E-state index contributed by atoms with van der Waals surface area (Å²) in [6, 6.07) is 14.5. The molecule has 1 amide bonds. The van der Waals surface area contributed by atoms with Crippen LogP contribution >= 0.6 is 0 Å². The van der Waals surface area contributed by atoms with Gasteiger partial charge in [0.25, 0.3) is 0 Å². The zero-order valence-electron chi connectivity index (χ0n) is 17.1. The average Bonchev–Trinajstić information content (AvgIpc) is 3.44. The van der Waals surface area contributed by atoms with Crippen molar-refractivity contribution in [2.75, 3.05) is 18.1 Å². The van der Waals surface area contributed by atoms with Crippen molar-refractivity contribution < 1.29 is 19.1 Å². The number of anilines is 1. The first-order valence-electron chi connectivity index (χ1n) is 10.6. The molecule has 0 radical (unpaired) electrons. The van der Waals surface area contributed by atoms with Gasteiger partial charge in [0.1, 0.15) is 0 Å². The molecule has 2 aliphatic rings. The molecule has 1 saturated heterocycles. The Morgan fingerprint density at radius 1 is 1.00 bits per heavy atom. The number of fused-ring (bicyclic) bond motifs is 2. The Labute approximate surface area is 179 Å². The molecule has 0 bridgehead atoms. The summed E-state index contributed by atoms with van der Waals surface area (Å²) in [5, 5.41) is 0.759. The SMILES string of the molecule is O=C(COC(=O)c1c2c(nc3ccccc13)CCC2)c1cccc(N2CCCC2=O)c1. The second kappa shape index (κ2) is 7.95. The van der Waals surface area contributed by atoms with E-state index >= 15 is 0 Å². The number of Topliss-reactive ketones (excluding diaryl/α,β-unsaturated/α-hetero) is 1. The first-order chi connectivity index (χ1) is 15.1. The van der Waals surface area contributed by atoms with Crippen LogP contribution in [0.2, 0.25) is 0 Å². The number of nitrogens with zero attached hydrogens (tertiary/aromatic N) is 2. The second-order valence-corrected chi connectivity index (χ2v) is 7.98. The van der Waals surface area contributed by atoms with Crippen molar-refractivity contribution in [2.24, 2.45) is 0 Å². The minimum atomic E-state index is -0.490. The molecular formula is C25H22N2O4. The second-order valence-electron chi connectivity index (χ2n) is 7.98. The van der Waals surface area contributed by atoms with Gasteiger partial charge in [-0.15, -0.1) is 0 Å². The number of rotatable bonds is 5. The Hall–Kier alpha value is -3.54. The molecule has 31 heavy (non-hydrogen) atoms. The van der Waals surface area contributed by atoms with Crippen LogP contribution in [0.4, 0.5) is 5.69 Å². The van der Waals surface area contributed by atoms with Gasteiger partial charge in [-0.25, -0.2) is 4.79 Å². The Kier molecular flexibility index (Phi) is 4.98.